The first-order valence-electron chi connectivity index (χ1n) is 5.89. The zero-order valence-electron chi connectivity index (χ0n) is 10.5. The number of amides is 1. The van der Waals surface area contributed by atoms with Crippen LogP contribution in [0, 0.1) is 0 Å². The number of para-hydroxylation sites is 2. The molecule has 0 fully saturated rings. The highest BCUT2D eigenvalue weighted by molar-refractivity contribution is 9.10. The molecule has 0 radical (unpaired) electrons. The second-order valence-corrected chi connectivity index (χ2v) is 5.01. The lowest BCUT2D eigenvalue weighted by molar-refractivity contribution is -0.114. The maximum atomic E-state index is 11.1. The number of hydrogen-bond acceptors (Lipinski definition) is 2. The van der Waals surface area contributed by atoms with Crippen molar-refractivity contribution in [2.24, 2.45) is 0 Å². The van der Waals surface area contributed by atoms with Crippen molar-refractivity contribution in [3.63, 3.8) is 0 Å². The Morgan fingerprint density at radius 2 is 1.84 bits per heavy atom. The number of anilines is 1. The Kier molecular flexibility index (Phi) is 4.58. The average molecular weight is 320 g/mol. The fourth-order valence-electron chi connectivity index (χ4n) is 1.63. The third-order valence-electron chi connectivity index (χ3n) is 2.51. The van der Waals surface area contributed by atoms with E-state index in [4.69, 9.17) is 4.74 Å². The summed E-state index contributed by atoms with van der Waals surface area (Å²) in [6, 6.07) is 15.3. The van der Waals surface area contributed by atoms with E-state index < -0.39 is 0 Å². The van der Waals surface area contributed by atoms with Gasteiger partial charge in [-0.2, -0.15) is 0 Å². The summed E-state index contributed by atoms with van der Waals surface area (Å²) >= 11 is 3.39. The molecule has 0 aliphatic rings. The normalized spacial score (nSPS) is 10.0. The van der Waals surface area contributed by atoms with E-state index in [1.165, 1.54) is 6.92 Å². The van der Waals surface area contributed by atoms with E-state index in [0.717, 1.165) is 10.0 Å². The molecule has 0 heterocycles. The van der Waals surface area contributed by atoms with Gasteiger partial charge in [0.1, 0.15) is 12.4 Å². The summed E-state index contributed by atoms with van der Waals surface area (Å²) in [5.74, 6) is 0.556. The van der Waals surface area contributed by atoms with E-state index in [9.17, 15) is 4.79 Å². The zero-order valence-corrected chi connectivity index (χ0v) is 12.1. The van der Waals surface area contributed by atoms with E-state index in [0.29, 0.717) is 18.0 Å². The van der Waals surface area contributed by atoms with E-state index in [1.807, 2.05) is 48.5 Å². The minimum Gasteiger partial charge on any atom is -0.487 e. The van der Waals surface area contributed by atoms with Crippen LogP contribution in [0.2, 0.25) is 0 Å². The molecule has 0 aromatic heterocycles. The largest absolute Gasteiger partial charge is 0.487 e. The second kappa shape index (κ2) is 6.38. The lowest BCUT2D eigenvalue weighted by Gasteiger charge is -2.11. The Hall–Kier alpha value is -1.81. The molecule has 0 saturated heterocycles. The number of benzene rings is 2. The standard InChI is InChI=1S/C15H14BrNO2/c1-11(18)17-14-4-2-3-5-15(14)19-10-12-6-8-13(16)9-7-12/h2-9H,10H2,1H3,(H,17,18). The Balaban J connectivity index is 2.06. The van der Waals surface area contributed by atoms with Gasteiger partial charge in [0.2, 0.25) is 5.91 Å². The summed E-state index contributed by atoms with van der Waals surface area (Å²) in [7, 11) is 0. The molecule has 1 amide bonds. The van der Waals surface area contributed by atoms with Crippen LogP contribution in [0.25, 0.3) is 0 Å². The van der Waals surface area contributed by atoms with Crippen LogP contribution in [-0.4, -0.2) is 5.91 Å². The fourth-order valence-corrected chi connectivity index (χ4v) is 1.89. The number of ether oxygens (including phenoxy) is 1. The van der Waals surface area contributed by atoms with Gasteiger partial charge in [0.05, 0.1) is 5.69 Å². The molecule has 4 heteroatoms. The van der Waals surface area contributed by atoms with Gasteiger partial charge in [-0.25, -0.2) is 0 Å². The summed E-state index contributed by atoms with van der Waals surface area (Å²) < 4.78 is 6.77. The zero-order chi connectivity index (χ0) is 13.7. The van der Waals surface area contributed by atoms with Crippen molar-refractivity contribution in [1.82, 2.24) is 0 Å². The van der Waals surface area contributed by atoms with Crippen molar-refractivity contribution >= 4 is 27.5 Å². The van der Waals surface area contributed by atoms with Crippen LogP contribution in [0.3, 0.4) is 0 Å². The quantitative estimate of drug-likeness (QED) is 0.925. The van der Waals surface area contributed by atoms with Crippen LogP contribution >= 0.6 is 15.9 Å². The molecule has 0 aliphatic carbocycles. The molecule has 0 bridgehead atoms. The van der Waals surface area contributed by atoms with Gasteiger partial charge in [0.25, 0.3) is 0 Å². The lowest BCUT2D eigenvalue weighted by atomic mass is 10.2. The average Bonchev–Trinajstić information content (AvgIpc) is 2.39. The van der Waals surface area contributed by atoms with Crippen LogP contribution in [0.4, 0.5) is 5.69 Å². The van der Waals surface area contributed by atoms with Gasteiger partial charge in [-0.05, 0) is 29.8 Å². The topological polar surface area (TPSA) is 38.3 Å². The molecular formula is C15H14BrNO2. The number of rotatable bonds is 4. The van der Waals surface area contributed by atoms with E-state index >= 15 is 0 Å². The second-order valence-electron chi connectivity index (χ2n) is 4.09. The molecule has 3 nitrogen and oxygen atoms in total. The molecule has 0 saturated carbocycles. The summed E-state index contributed by atoms with van der Waals surface area (Å²) in [4.78, 5) is 11.1. The Labute approximate surface area is 120 Å². The Morgan fingerprint density at radius 1 is 1.16 bits per heavy atom. The van der Waals surface area contributed by atoms with Crippen LogP contribution in [0.15, 0.2) is 53.0 Å². The fraction of sp³-hybridized carbons (Fsp3) is 0.133. The van der Waals surface area contributed by atoms with Gasteiger partial charge in [-0.1, -0.05) is 40.2 Å². The summed E-state index contributed by atoms with van der Waals surface area (Å²) in [5, 5.41) is 2.75. The molecule has 0 spiro atoms. The van der Waals surface area contributed by atoms with Gasteiger partial charge >= 0.3 is 0 Å². The molecule has 1 N–H and O–H groups in total. The smallest absolute Gasteiger partial charge is 0.221 e. The van der Waals surface area contributed by atoms with Crippen LogP contribution in [0.5, 0.6) is 5.75 Å². The van der Waals surface area contributed by atoms with E-state index in [-0.39, 0.29) is 5.91 Å². The molecule has 0 atom stereocenters. The minimum atomic E-state index is -0.111. The highest BCUT2D eigenvalue weighted by Crippen LogP contribution is 2.24. The summed E-state index contributed by atoms with van der Waals surface area (Å²) in [5.41, 5.74) is 1.76. The van der Waals surface area contributed by atoms with Crippen molar-refractivity contribution in [3.8, 4) is 5.75 Å². The van der Waals surface area contributed by atoms with Gasteiger partial charge in [0.15, 0.2) is 0 Å². The SMILES string of the molecule is CC(=O)Nc1ccccc1OCc1ccc(Br)cc1. The molecule has 98 valence electrons. The van der Waals surface area contributed by atoms with Crippen LogP contribution < -0.4 is 10.1 Å². The van der Waals surface area contributed by atoms with Gasteiger partial charge in [-0.15, -0.1) is 0 Å². The van der Waals surface area contributed by atoms with Crippen LogP contribution in [-0.2, 0) is 11.4 Å². The lowest BCUT2D eigenvalue weighted by Crippen LogP contribution is -2.07. The molecule has 0 unspecified atom stereocenters. The monoisotopic (exact) mass is 319 g/mol. The molecule has 2 aromatic carbocycles. The van der Waals surface area contributed by atoms with Crippen molar-refractivity contribution in [2.45, 2.75) is 13.5 Å². The van der Waals surface area contributed by atoms with Crippen molar-refractivity contribution < 1.29 is 9.53 Å². The Bertz CT molecular complexity index is 567. The number of hydrogen-bond donors (Lipinski definition) is 1. The third kappa shape index (κ3) is 4.10. The first-order valence-corrected chi connectivity index (χ1v) is 6.68. The van der Waals surface area contributed by atoms with Crippen molar-refractivity contribution in [3.05, 3.63) is 58.6 Å². The number of halogens is 1. The van der Waals surface area contributed by atoms with Crippen molar-refractivity contribution in [2.75, 3.05) is 5.32 Å². The molecule has 19 heavy (non-hydrogen) atoms. The first-order chi connectivity index (χ1) is 9.15. The molecule has 0 aliphatic heterocycles. The minimum absolute atomic E-state index is 0.111. The third-order valence-corrected chi connectivity index (χ3v) is 3.03. The number of nitrogens with one attached hydrogen (secondary N) is 1. The maximum absolute atomic E-state index is 11.1. The number of carbonyl (C=O) groups is 1. The van der Waals surface area contributed by atoms with Crippen molar-refractivity contribution in [1.29, 1.82) is 0 Å². The van der Waals surface area contributed by atoms with Crippen LogP contribution in [0.1, 0.15) is 12.5 Å². The Morgan fingerprint density at radius 3 is 2.53 bits per heavy atom. The van der Waals surface area contributed by atoms with Gasteiger partial charge < -0.3 is 10.1 Å². The van der Waals surface area contributed by atoms with E-state index in [2.05, 4.69) is 21.2 Å². The molecule has 2 aromatic rings. The number of carbonyl (C=O) groups excluding carboxylic acids is 1. The van der Waals surface area contributed by atoms with Gasteiger partial charge in [-0.3, -0.25) is 4.79 Å². The highest BCUT2D eigenvalue weighted by atomic mass is 79.9. The molecule has 2 rings (SSSR count). The summed E-state index contributed by atoms with van der Waals surface area (Å²) in [6.45, 7) is 1.94. The van der Waals surface area contributed by atoms with E-state index in [1.54, 1.807) is 0 Å². The predicted octanol–water partition coefficient (Wildman–Crippen LogP) is 3.99. The summed E-state index contributed by atoms with van der Waals surface area (Å²) in [6.07, 6.45) is 0. The van der Waals surface area contributed by atoms with Gasteiger partial charge in [0, 0.05) is 11.4 Å². The predicted molar refractivity (Wildman–Crippen MR) is 79.2 cm³/mol. The highest BCUT2D eigenvalue weighted by Gasteiger charge is 2.04. The maximum Gasteiger partial charge on any atom is 0.221 e. The molecular weight excluding hydrogens is 306 g/mol. The first kappa shape index (κ1) is 13.6.